The van der Waals surface area contributed by atoms with E-state index >= 15 is 0 Å². The maximum atomic E-state index is 13.2. The number of furan rings is 2. The fourth-order valence-electron chi connectivity index (χ4n) is 5.95. The van der Waals surface area contributed by atoms with Gasteiger partial charge in [-0.3, -0.25) is 9.59 Å². The molecule has 0 saturated heterocycles. The number of hydrogen-bond acceptors (Lipinski definition) is 5. The van der Waals surface area contributed by atoms with E-state index in [0.29, 0.717) is 44.1 Å². The highest BCUT2D eigenvalue weighted by Gasteiger charge is 2.53. The van der Waals surface area contributed by atoms with Crippen LogP contribution < -0.4 is 4.90 Å². The molecular formula is C34H29Cl2NO6. The molecule has 0 aliphatic carbocycles. The zero-order valence-electron chi connectivity index (χ0n) is 23.5. The maximum absolute atomic E-state index is 13.2. The van der Waals surface area contributed by atoms with Gasteiger partial charge < -0.3 is 23.9 Å². The Morgan fingerprint density at radius 1 is 1.00 bits per heavy atom. The molecule has 7 nitrogen and oxygen atoms in total. The average molecular weight is 619 g/mol. The summed E-state index contributed by atoms with van der Waals surface area (Å²) >= 11 is 12.7. The zero-order chi connectivity index (χ0) is 30.9. The van der Waals surface area contributed by atoms with Crippen LogP contribution in [0.15, 0.2) is 118 Å². The van der Waals surface area contributed by atoms with E-state index in [1.54, 1.807) is 90.8 Å². The SMILES string of the molecule is C=C(/C=C/C=C1\N(C)c2ccc(Cl)cc2C1(Cc1ccco1)C(=O)O)C(Cc1ccco1)(C(=O)O)c1cc(Cl)ccc1C. The summed E-state index contributed by atoms with van der Waals surface area (Å²) in [7, 11) is 1.78. The number of aryl methyl sites for hydroxylation is 1. The average Bonchev–Trinajstić information content (AvgIpc) is 3.71. The molecule has 4 aromatic rings. The number of rotatable bonds is 10. The minimum atomic E-state index is -1.63. The second-order valence-corrected chi connectivity index (χ2v) is 11.4. The zero-order valence-corrected chi connectivity index (χ0v) is 25.0. The topological polar surface area (TPSA) is 104 Å². The first-order valence-corrected chi connectivity index (χ1v) is 14.2. The van der Waals surface area contributed by atoms with E-state index in [1.165, 1.54) is 12.5 Å². The Bertz CT molecular complexity index is 1760. The highest BCUT2D eigenvalue weighted by atomic mass is 35.5. The number of carbonyl (C=O) groups is 2. The van der Waals surface area contributed by atoms with Crippen LogP contribution >= 0.6 is 23.2 Å². The van der Waals surface area contributed by atoms with Gasteiger partial charge >= 0.3 is 11.9 Å². The largest absolute Gasteiger partial charge is 0.480 e. The number of nitrogens with zero attached hydrogens (tertiary/aromatic N) is 1. The Hall–Kier alpha value is -4.46. The molecule has 2 unspecified atom stereocenters. The number of likely N-dealkylation sites (N-methyl/N-ethyl adjacent to an activating group) is 1. The lowest BCUT2D eigenvalue weighted by Gasteiger charge is -2.32. The van der Waals surface area contributed by atoms with Crippen LogP contribution in [-0.4, -0.2) is 29.2 Å². The fraction of sp³-hybridized carbons (Fsp3) is 0.176. The van der Waals surface area contributed by atoms with Crippen molar-refractivity contribution in [2.24, 2.45) is 0 Å². The molecule has 2 atom stereocenters. The van der Waals surface area contributed by atoms with Crippen LogP contribution in [0.25, 0.3) is 0 Å². The van der Waals surface area contributed by atoms with Gasteiger partial charge in [-0.05, 0) is 84.3 Å². The van der Waals surface area contributed by atoms with Crippen molar-refractivity contribution in [3.63, 3.8) is 0 Å². The smallest absolute Gasteiger partial charge is 0.320 e. The number of benzene rings is 2. The Morgan fingerprint density at radius 2 is 1.65 bits per heavy atom. The molecule has 43 heavy (non-hydrogen) atoms. The summed E-state index contributed by atoms with van der Waals surface area (Å²) < 4.78 is 11.1. The maximum Gasteiger partial charge on any atom is 0.320 e. The van der Waals surface area contributed by atoms with E-state index in [4.69, 9.17) is 32.0 Å². The van der Waals surface area contributed by atoms with Crippen LogP contribution in [0.3, 0.4) is 0 Å². The van der Waals surface area contributed by atoms with Crippen LogP contribution in [0.5, 0.6) is 0 Å². The first-order valence-electron chi connectivity index (χ1n) is 13.4. The number of halogens is 2. The van der Waals surface area contributed by atoms with Crippen molar-refractivity contribution in [1.29, 1.82) is 0 Å². The van der Waals surface area contributed by atoms with E-state index in [-0.39, 0.29) is 18.4 Å². The van der Waals surface area contributed by atoms with E-state index in [0.717, 1.165) is 5.56 Å². The second-order valence-electron chi connectivity index (χ2n) is 10.5. The van der Waals surface area contributed by atoms with Crippen LogP contribution in [0.4, 0.5) is 5.69 Å². The van der Waals surface area contributed by atoms with Gasteiger partial charge in [-0.1, -0.05) is 48.0 Å². The second kappa shape index (κ2) is 11.7. The number of allylic oxidation sites excluding steroid dienone is 3. The number of carboxylic acids is 2. The number of anilines is 1. The molecule has 2 aromatic carbocycles. The lowest BCUT2D eigenvalue weighted by molar-refractivity contribution is -0.143. The van der Waals surface area contributed by atoms with E-state index < -0.39 is 22.8 Å². The van der Waals surface area contributed by atoms with Crippen molar-refractivity contribution >= 4 is 40.8 Å². The van der Waals surface area contributed by atoms with Gasteiger partial charge in [0, 0.05) is 46.9 Å². The van der Waals surface area contributed by atoms with Gasteiger partial charge in [-0.25, -0.2) is 0 Å². The Morgan fingerprint density at radius 3 is 2.28 bits per heavy atom. The third-order valence-electron chi connectivity index (χ3n) is 8.11. The predicted molar refractivity (Wildman–Crippen MR) is 166 cm³/mol. The van der Waals surface area contributed by atoms with Gasteiger partial charge in [0.05, 0.1) is 12.5 Å². The first-order chi connectivity index (χ1) is 20.5. The van der Waals surface area contributed by atoms with Crippen molar-refractivity contribution < 1.29 is 28.6 Å². The van der Waals surface area contributed by atoms with Crippen LogP contribution in [0.1, 0.15) is 28.2 Å². The van der Waals surface area contributed by atoms with Crippen molar-refractivity contribution in [3.8, 4) is 0 Å². The lowest BCUT2D eigenvalue weighted by Crippen LogP contribution is -2.40. The van der Waals surface area contributed by atoms with E-state index in [1.807, 2.05) is 6.92 Å². The normalized spacial score (nSPS) is 18.6. The quantitative estimate of drug-likeness (QED) is 0.175. The molecule has 2 aromatic heterocycles. The fourth-order valence-corrected chi connectivity index (χ4v) is 6.29. The third kappa shape index (κ3) is 5.19. The van der Waals surface area contributed by atoms with Crippen molar-refractivity contribution in [2.45, 2.75) is 30.6 Å². The highest BCUT2D eigenvalue weighted by molar-refractivity contribution is 6.31. The van der Waals surface area contributed by atoms with Crippen molar-refractivity contribution in [2.75, 3.05) is 11.9 Å². The summed E-state index contributed by atoms with van der Waals surface area (Å²) in [6.45, 7) is 6.01. The molecule has 5 rings (SSSR count). The Kier molecular flexibility index (Phi) is 8.14. The molecule has 0 saturated carbocycles. The van der Waals surface area contributed by atoms with E-state index in [9.17, 15) is 19.8 Å². The Labute approximate surface area is 259 Å². The van der Waals surface area contributed by atoms with Crippen molar-refractivity contribution in [1.82, 2.24) is 0 Å². The summed E-state index contributed by atoms with van der Waals surface area (Å²) in [6, 6.07) is 17.1. The summed E-state index contributed by atoms with van der Waals surface area (Å²) in [5.74, 6) is -1.26. The van der Waals surface area contributed by atoms with Gasteiger partial charge in [0.25, 0.3) is 0 Å². The number of hydrogen-bond donors (Lipinski definition) is 2. The van der Waals surface area contributed by atoms with Gasteiger partial charge in [-0.15, -0.1) is 0 Å². The summed E-state index contributed by atoms with van der Waals surface area (Å²) in [5.41, 5.74) is -0.0454. The molecule has 0 fully saturated rings. The van der Waals surface area contributed by atoms with Crippen LogP contribution in [-0.2, 0) is 33.3 Å². The lowest BCUT2D eigenvalue weighted by atomic mass is 9.70. The molecule has 3 heterocycles. The number of fused-ring (bicyclic) bond motifs is 1. The van der Waals surface area contributed by atoms with Gasteiger partial charge in [-0.2, -0.15) is 0 Å². The molecule has 2 N–H and O–H groups in total. The molecule has 0 amide bonds. The first kappa shape index (κ1) is 30.0. The minimum absolute atomic E-state index is 0.0162. The summed E-state index contributed by atoms with van der Waals surface area (Å²) in [6.07, 6.45) is 7.89. The third-order valence-corrected chi connectivity index (χ3v) is 8.58. The molecule has 1 aliphatic heterocycles. The molecular weight excluding hydrogens is 589 g/mol. The molecule has 1 aliphatic rings. The summed E-state index contributed by atoms with van der Waals surface area (Å²) in [5, 5.41) is 22.3. The van der Waals surface area contributed by atoms with Gasteiger partial charge in [0.1, 0.15) is 22.4 Å². The van der Waals surface area contributed by atoms with Crippen molar-refractivity contribution in [3.05, 3.63) is 148 Å². The predicted octanol–water partition coefficient (Wildman–Crippen LogP) is 7.76. The molecule has 0 spiro atoms. The van der Waals surface area contributed by atoms with E-state index in [2.05, 4.69) is 6.58 Å². The standard InChI is InChI=1S/C34H29Cl2NO6/c1-21-11-12-23(35)17-27(21)33(31(38)39,19-25-8-5-15-42-25)22(2)7-4-10-30-34(32(40)41,20-26-9-6-16-43-26)28-18-24(36)13-14-29(28)37(30)3/h4-18H,2,19-20H2,1,3H3,(H,38,39)(H,40,41)/b7-4+,30-10-. The van der Waals surface area contributed by atoms with Crippen LogP contribution in [0, 0.1) is 6.92 Å². The van der Waals surface area contributed by atoms with Crippen LogP contribution in [0.2, 0.25) is 10.0 Å². The molecule has 9 heteroatoms. The summed E-state index contributed by atoms with van der Waals surface area (Å²) in [4.78, 5) is 28.1. The number of carboxylic acid groups (broad SMARTS) is 2. The van der Waals surface area contributed by atoms with Gasteiger partial charge in [0.2, 0.25) is 0 Å². The minimum Gasteiger partial charge on any atom is -0.480 e. The Balaban J connectivity index is 1.64. The molecule has 0 radical (unpaired) electrons. The number of aliphatic carboxylic acids is 2. The van der Waals surface area contributed by atoms with Gasteiger partial charge in [0.15, 0.2) is 0 Å². The highest BCUT2D eigenvalue weighted by Crippen LogP contribution is 2.50. The molecule has 220 valence electrons. The molecule has 0 bridgehead atoms. The monoisotopic (exact) mass is 617 g/mol.